The average Bonchev–Trinajstić information content (AvgIpc) is 2.85. The summed E-state index contributed by atoms with van der Waals surface area (Å²) in [6.07, 6.45) is 1.41. The van der Waals surface area contributed by atoms with Crippen LogP contribution in [0.1, 0.15) is 42.6 Å². The molecule has 1 heterocycles. The number of halogens is 2. The van der Waals surface area contributed by atoms with Crippen LogP contribution < -0.4 is 10.2 Å². The molecule has 0 atom stereocenters. The molecule has 180 valence electrons. The lowest BCUT2D eigenvalue weighted by atomic mass is 10.0. The number of hydrogen-bond donors (Lipinski definition) is 1. The maximum absolute atomic E-state index is 14.0. The number of carbonyl (C=O) groups is 1. The quantitative estimate of drug-likeness (QED) is 0.325. The van der Waals surface area contributed by atoms with Crippen LogP contribution in [0.25, 0.3) is 11.3 Å². The van der Waals surface area contributed by atoms with Crippen LogP contribution >= 0.6 is 11.8 Å². The third-order valence-corrected chi connectivity index (χ3v) is 6.47. The Morgan fingerprint density at radius 3 is 2.47 bits per heavy atom. The van der Waals surface area contributed by atoms with Gasteiger partial charge >= 0.3 is 0 Å². The molecule has 0 fully saturated rings. The van der Waals surface area contributed by atoms with Crippen molar-refractivity contribution in [1.82, 2.24) is 10.2 Å². The van der Waals surface area contributed by atoms with Gasteiger partial charge in [-0.15, -0.1) is 22.0 Å². The summed E-state index contributed by atoms with van der Waals surface area (Å²) in [6, 6.07) is 17.0. The van der Waals surface area contributed by atoms with Crippen molar-refractivity contribution >= 4 is 29.2 Å². The number of alkyl halides is 2. The molecule has 0 aliphatic rings. The summed E-state index contributed by atoms with van der Waals surface area (Å²) in [5.41, 5.74) is 3.06. The molecule has 0 unspecified atom stereocenters. The zero-order valence-corrected chi connectivity index (χ0v) is 20.8. The van der Waals surface area contributed by atoms with E-state index in [2.05, 4.69) is 15.5 Å². The van der Waals surface area contributed by atoms with Gasteiger partial charge in [0.15, 0.2) is 5.82 Å². The zero-order valence-electron chi connectivity index (χ0n) is 19.9. The normalized spacial score (nSPS) is 11.4. The summed E-state index contributed by atoms with van der Waals surface area (Å²) in [4.78, 5) is 16.3. The van der Waals surface area contributed by atoms with Crippen LogP contribution in [-0.4, -0.2) is 41.4 Å². The fourth-order valence-corrected chi connectivity index (χ4v) is 4.11. The average molecular weight is 485 g/mol. The number of carbonyl (C=O) groups excluding carboxylic acids is 1. The van der Waals surface area contributed by atoms with Gasteiger partial charge in [0.25, 0.3) is 5.91 Å². The summed E-state index contributed by atoms with van der Waals surface area (Å²) in [6.45, 7) is 5.63. The third kappa shape index (κ3) is 6.11. The van der Waals surface area contributed by atoms with E-state index in [0.29, 0.717) is 34.9 Å². The Bertz CT molecular complexity index is 1130. The highest BCUT2D eigenvalue weighted by atomic mass is 32.2. The first kappa shape index (κ1) is 25.6. The highest BCUT2D eigenvalue weighted by molar-refractivity contribution is 7.98. The highest BCUT2D eigenvalue weighted by Gasteiger charge is 2.29. The van der Waals surface area contributed by atoms with Crippen LogP contribution in [-0.2, 0) is 0 Å². The van der Waals surface area contributed by atoms with E-state index in [4.69, 9.17) is 0 Å². The van der Waals surface area contributed by atoms with E-state index in [1.807, 2.05) is 74.7 Å². The van der Waals surface area contributed by atoms with Gasteiger partial charge in [-0.05, 0) is 43.9 Å². The number of nitrogens with one attached hydrogen (secondary N) is 1. The predicted molar refractivity (Wildman–Crippen MR) is 136 cm³/mol. The summed E-state index contributed by atoms with van der Waals surface area (Å²) in [5, 5.41) is 11.7. The Morgan fingerprint density at radius 2 is 1.82 bits per heavy atom. The molecule has 3 aromatic rings. The van der Waals surface area contributed by atoms with Crippen molar-refractivity contribution in [1.29, 1.82) is 0 Å². The number of nitrogens with zero attached hydrogens (tertiary/aromatic N) is 3. The topological polar surface area (TPSA) is 58.1 Å². The fourth-order valence-electron chi connectivity index (χ4n) is 3.66. The Labute approximate surface area is 204 Å². The van der Waals surface area contributed by atoms with Crippen LogP contribution in [0.5, 0.6) is 0 Å². The van der Waals surface area contributed by atoms with E-state index >= 15 is 0 Å². The summed E-state index contributed by atoms with van der Waals surface area (Å²) in [7, 11) is 0. The summed E-state index contributed by atoms with van der Waals surface area (Å²) >= 11 is 1.58. The van der Waals surface area contributed by atoms with Crippen molar-refractivity contribution in [3.05, 3.63) is 65.7 Å². The van der Waals surface area contributed by atoms with Gasteiger partial charge < -0.3 is 10.2 Å². The molecule has 1 N–H and O–H groups in total. The fraction of sp³-hybridized carbons (Fsp3) is 0.346. The number of rotatable bonds is 10. The van der Waals surface area contributed by atoms with Gasteiger partial charge in [-0.2, -0.15) is 0 Å². The van der Waals surface area contributed by atoms with Gasteiger partial charge in [-0.1, -0.05) is 43.3 Å². The molecular formula is C26H30F2N4OS. The number of anilines is 2. The van der Waals surface area contributed by atoms with Gasteiger partial charge in [-0.3, -0.25) is 4.79 Å². The second-order valence-electron chi connectivity index (χ2n) is 7.96. The first-order chi connectivity index (χ1) is 16.3. The standard InChI is InChI=1S/C26H30F2N4OS/c1-5-26(27,28)15-16-32(6-2)24-22(25(33)29-20-13-10-14-21(17-20)34-4)18(3)23(30-31-24)19-11-8-7-9-12-19/h7-14,17H,5-6,15-16H2,1-4H3,(H,29,33). The van der Waals surface area contributed by atoms with Gasteiger partial charge in [0.2, 0.25) is 5.92 Å². The van der Waals surface area contributed by atoms with E-state index < -0.39 is 5.92 Å². The van der Waals surface area contributed by atoms with E-state index in [-0.39, 0.29) is 25.3 Å². The molecule has 34 heavy (non-hydrogen) atoms. The van der Waals surface area contributed by atoms with Gasteiger partial charge in [0.1, 0.15) is 0 Å². The molecule has 0 saturated heterocycles. The smallest absolute Gasteiger partial charge is 0.259 e. The molecule has 3 rings (SSSR count). The van der Waals surface area contributed by atoms with Crippen LogP contribution in [0.4, 0.5) is 20.3 Å². The van der Waals surface area contributed by atoms with Crippen LogP contribution in [0.3, 0.4) is 0 Å². The Balaban J connectivity index is 2.05. The van der Waals surface area contributed by atoms with Gasteiger partial charge in [0.05, 0.1) is 11.3 Å². The minimum atomic E-state index is -2.78. The Kier molecular flexibility index (Phi) is 8.61. The maximum Gasteiger partial charge on any atom is 0.259 e. The Morgan fingerprint density at radius 1 is 1.09 bits per heavy atom. The number of thioether (sulfide) groups is 1. The molecular weight excluding hydrogens is 454 g/mol. The second kappa shape index (κ2) is 11.4. The number of benzene rings is 2. The Hall–Kier alpha value is -3.00. The highest BCUT2D eigenvalue weighted by Crippen LogP contribution is 2.31. The number of aromatic nitrogens is 2. The lowest BCUT2D eigenvalue weighted by molar-refractivity contribution is -0.00922. The molecule has 1 amide bonds. The van der Waals surface area contributed by atoms with Gasteiger partial charge in [-0.25, -0.2) is 8.78 Å². The second-order valence-corrected chi connectivity index (χ2v) is 8.84. The van der Waals surface area contributed by atoms with Crippen LogP contribution in [0, 0.1) is 6.92 Å². The summed E-state index contributed by atoms with van der Waals surface area (Å²) < 4.78 is 28.0. The molecule has 0 spiro atoms. The van der Waals surface area contributed by atoms with E-state index in [0.717, 1.165) is 10.5 Å². The van der Waals surface area contributed by atoms with Crippen LogP contribution in [0.2, 0.25) is 0 Å². The minimum absolute atomic E-state index is 0.0678. The molecule has 0 radical (unpaired) electrons. The minimum Gasteiger partial charge on any atom is -0.355 e. The van der Waals surface area contributed by atoms with Crippen molar-refractivity contribution in [3.8, 4) is 11.3 Å². The van der Waals surface area contributed by atoms with E-state index in [9.17, 15) is 13.6 Å². The molecule has 5 nitrogen and oxygen atoms in total. The van der Waals surface area contributed by atoms with E-state index in [1.54, 1.807) is 16.7 Å². The monoisotopic (exact) mass is 484 g/mol. The lowest BCUT2D eigenvalue weighted by Gasteiger charge is -2.27. The molecule has 0 saturated carbocycles. The number of amides is 1. The largest absolute Gasteiger partial charge is 0.355 e. The molecule has 0 aliphatic carbocycles. The van der Waals surface area contributed by atoms with Crippen molar-refractivity contribution in [2.24, 2.45) is 0 Å². The van der Waals surface area contributed by atoms with Gasteiger partial charge in [0, 0.05) is 42.1 Å². The first-order valence-corrected chi connectivity index (χ1v) is 12.5. The first-order valence-electron chi connectivity index (χ1n) is 11.3. The SMILES string of the molecule is CCN(CCC(F)(F)CC)c1nnc(-c2ccccc2)c(C)c1C(=O)Nc1cccc(SC)c1. The molecule has 8 heteroatoms. The van der Waals surface area contributed by atoms with E-state index in [1.165, 1.54) is 6.92 Å². The van der Waals surface area contributed by atoms with Crippen molar-refractivity contribution in [2.45, 2.75) is 44.4 Å². The molecule has 1 aromatic heterocycles. The predicted octanol–water partition coefficient (Wildman–Crippen LogP) is 6.69. The lowest BCUT2D eigenvalue weighted by Crippen LogP contribution is -2.32. The molecule has 0 bridgehead atoms. The summed E-state index contributed by atoms with van der Waals surface area (Å²) in [5.74, 6) is -2.82. The molecule has 0 aliphatic heterocycles. The van der Waals surface area contributed by atoms with Crippen molar-refractivity contribution in [3.63, 3.8) is 0 Å². The maximum atomic E-state index is 14.0. The third-order valence-electron chi connectivity index (χ3n) is 5.75. The number of hydrogen-bond acceptors (Lipinski definition) is 5. The van der Waals surface area contributed by atoms with Crippen LogP contribution in [0.15, 0.2) is 59.5 Å². The molecule has 2 aromatic carbocycles. The van der Waals surface area contributed by atoms with Crippen molar-refractivity contribution < 1.29 is 13.6 Å². The zero-order chi connectivity index (χ0) is 24.7. The van der Waals surface area contributed by atoms with Crippen molar-refractivity contribution in [2.75, 3.05) is 29.6 Å².